The van der Waals surface area contributed by atoms with Crippen LogP contribution in [0.4, 0.5) is 34.1 Å². The Hall–Kier alpha value is -5.97. The molecule has 0 atom stereocenters. The fourth-order valence-electron chi connectivity index (χ4n) is 7.96. The van der Waals surface area contributed by atoms with E-state index >= 15 is 0 Å². The molecule has 2 amide bonds. The third kappa shape index (κ3) is 16.0. The normalized spacial score (nSPS) is 13.7. The van der Waals surface area contributed by atoms with E-state index < -0.39 is 46.2 Å². The van der Waals surface area contributed by atoms with Gasteiger partial charge in [-0.25, -0.2) is 22.5 Å². The van der Waals surface area contributed by atoms with Gasteiger partial charge in [-0.3, -0.25) is 14.5 Å². The number of alkyl halides is 1. The number of halogens is 5. The third-order valence-corrected chi connectivity index (χ3v) is 13.0. The molecule has 71 heavy (non-hydrogen) atoms. The summed E-state index contributed by atoms with van der Waals surface area (Å²) < 4.78 is 65.8. The molecule has 0 unspecified atom stereocenters. The van der Waals surface area contributed by atoms with Gasteiger partial charge in [-0.2, -0.15) is 0 Å². The average Bonchev–Trinajstić information content (AvgIpc) is 3.90. The lowest BCUT2D eigenvalue weighted by molar-refractivity contribution is -0.136. The number of benzene rings is 5. The van der Waals surface area contributed by atoms with E-state index in [1.54, 1.807) is 41.8 Å². The minimum absolute atomic E-state index is 0. The molecule has 0 spiro atoms. The maximum atomic E-state index is 13.8. The average molecular weight is 1060 g/mol. The van der Waals surface area contributed by atoms with Gasteiger partial charge < -0.3 is 25.0 Å². The second kappa shape index (κ2) is 28.2. The van der Waals surface area contributed by atoms with Crippen LogP contribution >= 0.6 is 27.3 Å². The van der Waals surface area contributed by atoms with Gasteiger partial charge in [0, 0.05) is 80.6 Å². The Morgan fingerprint density at radius 1 is 0.676 bits per heavy atom. The number of carbonyl (C=O) groups is 2. The molecule has 0 fully saturated rings. The Kier molecular flexibility index (Phi) is 22.2. The van der Waals surface area contributed by atoms with Gasteiger partial charge in [-0.05, 0) is 117 Å². The predicted octanol–water partition coefficient (Wildman–Crippen LogP) is 14.1. The summed E-state index contributed by atoms with van der Waals surface area (Å²) >= 11 is 4.95. The van der Waals surface area contributed by atoms with Crippen molar-refractivity contribution in [3.63, 3.8) is 0 Å². The van der Waals surface area contributed by atoms with Crippen LogP contribution in [0.2, 0.25) is 0 Å². The molecule has 2 aliphatic rings. The molecular weight excluding hydrogens is 995 g/mol. The van der Waals surface area contributed by atoms with Gasteiger partial charge in [-0.1, -0.05) is 101 Å². The Bertz CT molecular complexity index is 2650. The molecule has 9 nitrogen and oxygen atoms in total. The Morgan fingerprint density at radius 3 is 1.61 bits per heavy atom. The molecule has 0 aliphatic carbocycles. The lowest BCUT2D eigenvalue weighted by Gasteiger charge is -2.30. The highest BCUT2D eigenvalue weighted by Crippen LogP contribution is 2.32. The standard InChI is InChI=1S/C26H24F2N2O.C22H19F2N3OS.C7H15BrO2.CH4/c1-18-14-15-30(16-19-6-3-2-4-7-19)17-22(18)20-10-12-21(13-11-20)29-26(31)25-23(27)8-5-9-24(25)28;1-14-9-11-27(22-25-10-12-29-22)13-17(14)15-5-7-16(8-6-15)26-21(28)20-18(23)3-2-4-19(20)24;1-3-9-7(5-6-8)10-4-2;/h2-13H,14-17H2,1H3,(H,29,31);2-8,10,12H,9,11,13H2,1H3,(H,26,28);7H,3-6H2,1-2H3;1H4. The third-order valence-electron chi connectivity index (χ3n) is 11.7. The minimum atomic E-state index is -0.885. The number of rotatable bonds is 15. The number of aromatic nitrogens is 1. The molecule has 376 valence electrons. The van der Waals surface area contributed by atoms with Crippen molar-refractivity contribution in [2.75, 3.05) is 60.3 Å². The summed E-state index contributed by atoms with van der Waals surface area (Å²) in [7, 11) is 0. The van der Waals surface area contributed by atoms with Crippen LogP contribution < -0.4 is 15.5 Å². The second-order valence-electron chi connectivity index (χ2n) is 16.5. The number of amides is 2. The molecule has 6 aromatic rings. The summed E-state index contributed by atoms with van der Waals surface area (Å²) in [5, 5.41) is 9.04. The SMILES string of the molecule is C.CC1=C(c2ccc(NC(=O)c3c(F)cccc3F)cc2)CN(Cc2ccccc2)CC1.CC1=C(c2ccc(NC(=O)c3c(F)cccc3F)cc2)CN(c2nccs2)CC1.CCOC(CCBr)OCC. The molecule has 2 aliphatic heterocycles. The van der Waals surface area contributed by atoms with Crippen molar-refractivity contribution in [2.45, 2.75) is 67.2 Å². The van der Waals surface area contributed by atoms with E-state index in [1.165, 1.54) is 40.0 Å². The molecule has 0 saturated heterocycles. The van der Waals surface area contributed by atoms with Crippen molar-refractivity contribution in [1.29, 1.82) is 0 Å². The van der Waals surface area contributed by atoms with Gasteiger partial charge in [0.1, 0.15) is 34.4 Å². The quantitative estimate of drug-likeness (QED) is 0.0601. The van der Waals surface area contributed by atoms with Crippen LogP contribution in [0.15, 0.2) is 138 Å². The Morgan fingerprint density at radius 2 is 1.15 bits per heavy atom. The number of hydrogen-bond acceptors (Lipinski definition) is 8. The molecule has 15 heteroatoms. The Labute approximate surface area is 427 Å². The highest BCUT2D eigenvalue weighted by atomic mass is 79.9. The van der Waals surface area contributed by atoms with E-state index in [-0.39, 0.29) is 13.7 Å². The monoisotopic (exact) mass is 1060 g/mol. The topological polar surface area (TPSA) is 96.0 Å². The molecular formula is C56H62BrF4N5O4S. The fourth-order valence-corrected chi connectivity index (χ4v) is 9.01. The lowest BCUT2D eigenvalue weighted by Crippen LogP contribution is -2.30. The number of ether oxygens (including phenoxy) is 2. The molecule has 1 aromatic heterocycles. The fraction of sp³-hybridized carbons (Fsp3) is 0.304. The summed E-state index contributed by atoms with van der Waals surface area (Å²) in [5.74, 6) is -5.14. The van der Waals surface area contributed by atoms with Gasteiger partial charge >= 0.3 is 0 Å². The summed E-state index contributed by atoms with van der Waals surface area (Å²) in [6.07, 6.45) is 4.67. The van der Waals surface area contributed by atoms with E-state index in [2.05, 4.69) is 79.5 Å². The van der Waals surface area contributed by atoms with Gasteiger partial charge in [-0.15, -0.1) is 11.3 Å². The zero-order valence-corrected chi connectivity index (χ0v) is 42.2. The van der Waals surface area contributed by atoms with Crippen molar-refractivity contribution in [2.24, 2.45) is 0 Å². The van der Waals surface area contributed by atoms with E-state index in [9.17, 15) is 27.2 Å². The van der Waals surface area contributed by atoms with Crippen LogP contribution in [0.25, 0.3) is 11.1 Å². The van der Waals surface area contributed by atoms with Gasteiger partial charge in [0.05, 0.1) is 0 Å². The van der Waals surface area contributed by atoms with Crippen molar-refractivity contribution < 1.29 is 36.6 Å². The highest BCUT2D eigenvalue weighted by Gasteiger charge is 2.22. The van der Waals surface area contributed by atoms with E-state index in [0.717, 1.165) is 111 Å². The number of thiazole rings is 1. The van der Waals surface area contributed by atoms with Crippen LogP contribution in [0.1, 0.15) is 91.8 Å². The van der Waals surface area contributed by atoms with Crippen LogP contribution in [-0.4, -0.2) is 72.7 Å². The number of anilines is 3. The van der Waals surface area contributed by atoms with Crippen molar-refractivity contribution in [3.8, 4) is 0 Å². The summed E-state index contributed by atoms with van der Waals surface area (Å²) in [4.78, 5) is 33.6. The number of nitrogens with zero attached hydrogens (tertiary/aromatic N) is 3. The van der Waals surface area contributed by atoms with E-state index in [1.807, 2.05) is 49.6 Å². The maximum absolute atomic E-state index is 13.8. The number of nitrogens with one attached hydrogen (secondary N) is 2. The van der Waals surface area contributed by atoms with E-state index in [0.29, 0.717) is 11.4 Å². The lowest BCUT2D eigenvalue weighted by atomic mass is 9.94. The molecule has 0 bridgehead atoms. The highest BCUT2D eigenvalue weighted by molar-refractivity contribution is 9.09. The molecule has 0 radical (unpaired) electrons. The molecule has 3 heterocycles. The first-order chi connectivity index (χ1) is 33.9. The van der Waals surface area contributed by atoms with Crippen LogP contribution in [0.3, 0.4) is 0 Å². The van der Waals surface area contributed by atoms with Gasteiger partial charge in [0.2, 0.25) is 0 Å². The summed E-state index contributed by atoms with van der Waals surface area (Å²) in [6, 6.07) is 31.9. The first-order valence-electron chi connectivity index (χ1n) is 23.2. The second-order valence-corrected chi connectivity index (χ2v) is 18.2. The first-order valence-corrected chi connectivity index (χ1v) is 25.2. The largest absolute Gasteiger partial charge is 0.353 e. The van der Waals surface area contributed by atoms with E-state index in [4.69, 9.17) is 9.47 Å². The zero-order chi connectivity index (χ0) is 50.0. The Balaban J connectivity index is 0.000000220. The van der Waals surface area contributed by atoms with Crippen molar-refractivity contribution in [3.05, 3.63) is 189 Å². The predicted molar refractivity (Wildman–Crippen MR) is 284 cm³/mol. The van der Waals surface area contributed by atoms with Crippen molar-refractivity contribution in [1.82, 2.24) is 9.88 Å². The first kappa shape index (κ1) is 56.0. The molecule has 0 saturated carbocycles. The molecule has 5 aromatic carbocycles. The van der Waals surface area contributed by atoms with Gasteiger partial charge in [0.15, 0.2) is 11.4 Å². The number of carbonyl (C=O) groups excluding carboxylic acids is 2. The maximum Gasteiger partial charge on any atom is 0.261 e. The summed E-state index contributed by atoms with van der Waals surface area (Å²) in [6.45, 7) is 14.2. The minimum Gasteiger partial charge on any atom is -0.353 e. The van der Waals surface area contributed by atoms with Crippen molar-refractivity contribution >= 4 is 66.7 Å². The zero-order valence-electron chi connectivity index (χ0n) is 39.8. The summed E-state index contributed by atoms with van der Waals surface area (Å²) in [5.41, 5.74) is 8.43. The van der Waals surface area contributed by atoms with Crippen LogP contribution in [0.5, 0.6) is 0 Å². The van der Waals surface area contributed by atoms with Crippen LogP contribution in [-0.2, 0) is 16.0 Å². The molecule has 8 rings (SSSR count). The van der Waals surface area contributed by atoms with Crippen LogP contribution in [0, 0.1) is 23.3 Å². The molecule has 2 N–H and O–H groups in total. The smallest absolute Gasteiger partial charge is 0.261 e. The number of hydrogen-bond donors (Lipinski definition) is 2. The van der Waals surface area contributed by atoms with Gasteiger partial charge in [0.25, 0.3) is 11.8 Å².